The normalized spacial score (nSPS) is 10.4. The molecule has 0 atom stereocenters. The fraction of sp³-hybridized carbons (Fsp3) is 0.154. The van der Waals surface area contributed by atoms with Gasteiger partial charge < -0.3 is 10.3 Å². The third kappa shape index (κ3) is 2.79. The number of thiocarbonyl (C=S) groups is 1. The Balaban J connectivity index is 2.37. The van der Waals surface area contributed by atoms with Gasteiger partial charge in [0, 0.05) is 24.9 Å². The monoisotopic (exact) mass is 275 g/mol. The first-order valence-electron chi connectivity index (χ1n) is 5.64. The molecule has 0 aliphatic rings. The summed E-state index contributed by atoms with van der Waals surface area (Å²) in [6.07, 6.45) is 1.46. The second-order valence-corrected chi connectivity index (χ2v) is 4.63. The van der Waals surface area contributed by atoms with Crippen molar-refractivity contribution in [2.24, 2.45) is 12.8 Å². The van der Waals surface area contributed by atoms with Crippen LogP contribution in [0, 0.1) is 0 Å². The molecule has 1 aromatic carbocycles. The van der Waals surface area contributed by atoms with E-state index in [1.54, 1.807) is 31.3 Å². The van der Waals surface area contributed by atoms with Crippen LogP contribution >= 0.6 is 12.2 Å². The Hall–Kier alpha value is -2.21. The Bertz CT molecular complexity index is 729. The maximum atomic E-state index is 11.9. The first-order chi connectivity index (χ1) is 8.99. The van der Waals surface area contributed by atoms with Gasteiger partial charge >= 0.3 is 5.69 Å². The Morgan fingerprint density at radius 1 is 1.21 bits per heavy atom. The lowest BCUT2D eigenvalue weighted by atomic mass is 10.1. The summed E-state index contributed by atoms with van der Waals surface area (Å²) in [5.41, 5.74) is 6.44. The van der Waals surface area contributed by atoms with Crippen LogP contribution in [0.2, 0.25) is 0 Å². The van der Waals surface area contributed by atoms with Gasteiger partial charge in [0.2, 0.25) is 0 Å². The van der Waals surface area contributed by atoms with E-state index in [0.29, 0.717) is 4.99 Å². The molecule has 0 spiro atoms. The number of nitrogens with zero attached hydrogens (tertiary/aromatic N) is 2. The average molecular weight is 275 g/mol. The number of hydrogen-bond donors (Lipinski definition) is 1. The Labute approximate surface area is 114 Å². The van der Waals surface area contributed by atoms with Crippen molar-refractivity contribution in [2.45, 2.75) is 6.54 Å². The van der Waals surface area contributed by atoms with Gasteiger partial charge in [-0.3, -0.25) is 9.36 Å². The molecule has 0 amide bonds. The molecular formula is C13H13N3O2S. The SMILES string of the molecule is Cn1ccc(=O)n(Cc2ccc(C(N)=S)cc2)c1=O. The lowest BCUT2D eigenvalue weighted by Gasteiger charge is -2.07. The molecule has 0 aliphatic heterocycles. The third-order valence-electron chi connectivity index (χ3n) is 2.82. The van der Waals surface area contributed by atoms with E-state index in [1.807, 2.05) is 0 Å². The predicted octanol–water partition coefficient (Wildman–Crippen LogP) is 0.229. The van der Waals surface area contributed by atoms with Crippen LogP contribution in [0.5, 0.6) is 0 Å². The van der Waals surface area contributed by atoms with E-state index in [2.05, 4.69) is 0 Å². The molecule has 0 radical (unpaired) electrons. The van der Waals surface area contributed by atoms with Gasteiger partial charge in [-0.1, -0.05) is 36.5 Å². The molecule has 0 aliphatic carbocycles. The van der Waals surface area contributed by atoms with Crippen molar-refractivity contribution in [3.8, 4) is 0 Å². The molecule has 2 aromatic rings. The number of nitrogens with two attached hydrogens (primary N) is 1. The zero-order valence-corrected chi connectivity index (χ0v) is 11.2. The van der Waals surface area contributed by atoms with E-state index in [-0.39, 0.29) is 17.8 Å². The fourth-order valence-electron chi connectivity index (χ4n) is 1.72. The fourth-order valence-corrected chi connectivity index (χ4v) is 1.85. The van der Waals surface area contributed by atoms with Crippen molar-refractivity contribution in [3.05, 3.63) is 68.5 Å². The molecule has 19 heavy (non-hydrogen) atoms. The van der Waals surface area contributed by atoms with Crippen molar-refractivity contribution in [1.29, 1.82) is 0 Å². The molecule has 0 fully saturated rings. The third-order valence-corrected chi connectivity index (χ3v) is 3.05. The van der Waals surface area contributed by atoms with Crippen molar-refractivity contribution in [1.82, 2.24) is 9.13 Å². The molecule has 2 N–H and O–H groups in total. The average Bonchev–Trinajstić information content (AvgIpc) is 2.40. The van der Waals surface area contributed by atoms with Crippen LogP contribution in [0.15, 0.2) is 46.1 Å². The molecule has 98 valence electrons. The van der Waals surface area contributed by atoms with Gasteiger partial charge in [-0.05, 0) is 5.56 Å². The molecule has 5 nitrogen and oxygen atoms in total. The summed E-state index contributed by atoms with van der Waals surface area (Å²) in [6.45, 7) is 0.226. The molecule has 1 aromatic heterocycles. The predicted molar refractivity (Wildman–Crippen MR) is 77.4 cm³/mol. The van der Waals surface area contributed by atoms with Crippen molar-refractivity contribution < 1.29 is 0 Å². The summed E-state index contributed by atoms with van der Waals surface area (Å²) >= 11 is 4.86. The lowest BCUT2D eigenvalue weighted by molar-refractivity contribution is 0.639. The molecule has 0 saturated carbocycles. The maximum Gasteiger partial charge on any atom is 0.331 e. The molecule has 1 heterocycles. The highest BCUT2D eigenvalue weighted by molar-refractivity contribution is 7.80. The van der Waals surface area contributed by atoms with Crippen LogP contribution in [-0.4, -0.2) is 14.1 Å². The number of hydrogen-bond acceptors (Lipinski definition) is 3. The zero-order chi connectivity index (χ0) is 14.0. The first-order valence-corrected chi connectivity index (χ1v) is 6.05. The number of aromatic nitrogens is 2. The highest BCUT2D eigenvalue weighted by Crippen LogP contribution is 2.04. The standard InChI is InChI=1S/C13H13N3O2S/c1-15-7-6-11(17)16(13(15)18)8-9-2-4-10(5-3-9)12(14)19/h2-7H,8H2,1H3,(H2,14,19). The van der Waals surface area contributed by atoms with Crippen LogP contribution in [0.1, 0.15) is 11.1 Å². The summed E-state index contributed by atoms with van der Waals surface area (Å²) in [5.74, 6) is 0. The smallest absolute Gasteiger partial charge is 0.331 e. The molecular weight excluding hydrogens is 262 g/mol. The molecule has 2 rings (SSSR count). The summed E-state index contributed by atoms with van der Waals surface area (Å²) in [6, 6.07) is 8.51. The van der Waals surface area contributed by atoms with Crippen LogP contribution < -0.4 is 17.0 Å². The van der Waals surface area contributed by atoms with Crippen LogP contribution in [-0.2, 0) is 13.6 Å². The van der Waals surface area contributed by atoms with Crippen LogP contribution in [0.4, 0.5) is 0 Å². The van der Waals surface area contributed by atoms with E-state index >= 15 is 0 Å². The van der Waals surface area contributed by atoms with Crippen molar-refractivity contribution in [3.63, 3.8) is 0 Å². The summed E-state index contributed by atoms with van der Waals surface area (Å²) in [5, 5.41) is 0. The van der Waals surface area contributed by atoms with E-state index in [0.717, 1.165) is 11.1 Å². The van der Waals surface area contributed by atoms with Gasteiger partial charge in [-0.2, -0.15) is 0 Å². The second kappa shape index (κ2) is 5.19. The number of aryl methyl sites for hydroxylation is 1. The molecule has 0 saturated heterocycles. The van der Waals surface area contributed by atoms with Crippen molar-refractivity contribution in [2.75, 3.05) is 0 Å². The minimum atomic E-state index is -0.342. The van der Waals surface area contributed by atoms with Crippen LogP contribution in [0.3, 0.4) is 0 Å². The quantitative estimate of drug-likeness (QED) is 0.814. The van der Waals surface area contributed by atoms with Gasteiger partial charge in [-0.15, -0.1) is 0 Å². The molecule has 0 unspecified atom stereocenters. The highest BCUT2D eigenvalue weighted by Gasteiger charge is 2.04. The zero-order valence-electron chi connectivity index (χ0n) is 10.4. The number of rotatable bonds is 3. The van der Waals surface area contributed by atoms with Gasteiger partial charge in [0.05, 0.1) is 6.54 Å². The van der Waals surface area contributed by atoms with E-state index < -0.39 is 0 Å². The summed E-state index contributed by atoms with van der Waals surface area (Å²) in [4.78, 5) is 23.9. The largest absolute Gasteiger partial charge is 0.389 e. The summed E-state index contributed by atoms with van der Waals surface area (Å²) in [7, 11) is 1.61. The van der Waals surface area contributed by atoms with Crippen molar-refractivity contribution >= 4 is 17.2 Å². The molecule has 0 bridgehead atoms. The van der Waals surface area contributed by atoms with E-state index in [9.17, 15) is 9.59 Å². The Morgan fingerprint density at radius 3 is 2.42 bits per heavy atom. The minimum Gasteiger partial charge on any atom is -0.389 e. The van der Waals surface area contributed by atoms with E-state index in [4.69, 9.17) is 18.0 Å². The van der Waals surface area contributed by atoms with Gasteiger partial charge in [-0.25, -0.2) is 4.79 Å². The molecule has 6 heteroatoms. The maximum absolute atomic E-state index is 11.9. The lowest BCUT2D eigenvalue weighted by Crippen LogP contribution is -2.38. The topological polar surface area (TPSA) is 70.0 Å². The van der Waals surface area contributed by atoms with E-state index in [1.165, 1.54) is 21.4 Å². The minimum absolute atomic E-state index is 0.226. The van der Waals surface area contributed by atoms with Crippen LogP contribution in [0.25, 0.3) is 0 Å². The number of benzene rings is 1. The Morgan fingerprint density at radius 2 is 1.84 bits per heavy atom. The van der Waals surface area contributed by atoms with Gasteiger partial charge in [0.15, 0.2) is 0 Å². The van der Waals surface area contributed by atoms with Gasteiger partial charge in [0.1, 0.15) is 4.99 Å². The highest BCUT2D eigenvalue weighted by atomic mass is 32.1. The first kappa shape index (κ1) is 13.2. The van der Waals surface area contributed by atoms with Gasteiger partial charge in [0.25, 0.3) is 5.56 Å². The summed E-state index contributed by atoms with van der Waals surface area (Å²) < 4.78 is 2.54. The Kier molecular flexibility index (Phi) is 3.62. The second-order valence-electron chi connectivity index (χ2n) is 4.19.